The first-order valence-corrected chi connectivity index (χ1v) is 8.46. The number of allylic oxidation sites excluding steroid dienone is 2. The lowest BCUT2D eigenvalue weighted by molar-refractivity contribution is 0.0600. The van der Waals surface area contributed by atoms with Crippen LogP contribution in [0.1, 0.15) is 39.9 Å². The van der Waals surface area contributed by atoms with Crippen LogP contribution in [0.4, 0.5) is 5.69 Å². The molecule has 0 amide bonds. The van der Waals surface area contributed by atoms with Crippen LogP contribution in [-0.2, 0) is 4.74 Å². The zero-order valence-electron chi connectivity index (χ0n) is 13.3. The first kappa shape index (κ1) is 15.3. The number of methoxy groups -OCH3 is 1. The van der Waals surface area contributed by atoms with Crippen LogP contribution in [-0.4, -0.2) is 13.1 Å². The number of hydrogen-bond donors (Lipinski definition) is 1. The SMILES string of the molecule is COC(=O)c1ccc2c(c1)[C@H]1C=CC[C@@H]1[C@@H](c1cccc(Cl)c1)N2. The summed E-state index contributed by atoms with van der Waals surface area (Å²) >= 11 is 6.18. The Morgan fingerprint density at radius 1 is 1.25 bits per heavy atom. The molecular weight excluding hydrogens is 322 g/mol. The second-order valence-corrected chi connectivity index (χ2v) is 6.76. The minimum Gasteiger partial charge on any atom is -0.465 e. The van der Waals surface area contributed by atoms with Crippen LogP contribution in [0.3, 0.4) is 0 Å². The summed E-state index contributed by atoms with van der Waals surface area (Å²) in [6.07, 6.45) is 5.49. The van der Waals surface area contributed by atoms with Gasteiger partial charge in [-0.05, 0) is 53.8 Å². The summed E-state index contributed by atoms with van der Waals surface area (Å²) in [7, 11) is 1.41. The molecule has 0 fully saturated rings. The van der Waals surface area contributed by atoms with Crippen LogP contribution >= 0.6 is 11.6 Å². The van der Waals surface area contributed by atoms with Gasteiger partial charge in [0.15, 0.2) is 0 Å². The zero-order chi connectivity index (χ0) is 16.7. The lowest BCUT2D eigenvalue weighted by atomic mass is 9.76. The molecular formula is C20H18ClNO2. The first-order valence-electron chi connectivity index (χ1n) is 8.08. The van der Waals surface area contributed by atoms with Crippen LogP contribution in [0.15, 0.2) is 54.6 Å². The van der Waals surface area contributed by atoms with Gasteiger partial charge in [-0.15, -0.1) is 0 Å². The largest absolute Gasteiger partial charge is 0.465 e. The maximum Gasteiger partial charge on any atom is 0.337 e. The van der Waals surface area contributed by atoms with Gasteiger partial charge in [0.05, 0.1) is 18.7 Å². The molecule has 3 atom stereocenters. The molecule has 0 bridgehead atoms. The van der Waals surface area contributed by atoms with Gasteiger partial charge in [0, 0.05) is 16.6 Å². The van der Waals surface area contributed by atoms with Crippen molar-refractivity contribution in [2.45, 2.75) is 18.4 Å². The van der Waals surface area contributed by atoms with E-state index in [1.165, 1.54) is 12.7 Å². The van der Waals surface area contributed by atoms with E-state index in [2.05, 4.69) is 23.5 Å². The summed E-state index contributed by atoms with van der Waals surface area (Å²) in [6, 6.07) is 14.0. The lowest BCUT2D eigenvalue weighted by Gasteiger charge is -2.37. The van der Waals surface area contributed by atoms with E-state index >= 15 is 0 Å². The maximum absolute atomic E-state index is 11.8. The molecule has 4 rings (SSSR count). The topological polar surface area (TPSA) is 38.3 Å². The van der Waals surface area contributed by atoms with Gasteiger partial charge in [0.25, 0.3) is 0 Å². The van der Waals surface area contributed by atoms with E-state index < -0.39 is 0 Å². The summed E-state index contributed by atoms with van der Waals surface area (Å²) in [6.45, 7) is 0. The van der Waals surface area contributed by atoms with E-state index in [1.54, 1.807) is 0 Å². The third-order valence-corrected chi connectivity index (χ3v) is 5.23. The van der Waals surface area contributed by atoms with Gasteiger partial charge in [0.2, 0.25) is 0 Å². The van der Waals surface area contributed by atoms with Crippen molar-refractivity contribution in [3.05, 3.63) is 76.3 Å². The number of esters is 1. The van der Waals surface area contributed by atoms with Gasteiger partial charge >= 0.3 is 5.97 Å². The number of carbonyl (C=O) groups excluding carboxylic acids is 1. The summed E-state index contributed by atoms with van der Waals surface area (Å²) in [4.78, 5) is 11.8. The van der Waals surface area contributed by atoms with E-state index in [-0.39, 0.29) is 12.0 Å². The minimum absolute atomic E-state index is 0.208. The number of halogens is 1. The van der Waals surface area contributed by atoms with E-state index in [0.29, 0.717) is 17.4 Å². The van der Waals surface area contributed by atoms with Gasteiger partial charge in [-0.3, -0.25) is 0 Å². The molecule has 1 N–H and O–H groups in total. The third-order valence-electron chi connectivity index (χ3n) is 4.99. The van der Waals surface area contributed by atoms with Crippen LogP contribution < -0.4 is 5.32 Å². The molecule has 0 aromatic heterocycles. The molecule has 1 heterocycles. The van der Waals surface area contributed by atoms with Gasteiger partial charge in [-0.2, -0.15) is 0 Å². The summed E-state index contributed by atoms with van der Waals surface area (Å²) in [5, 5.41) is 4.40. The fourth-order valence-corrected chi connectivity index (χ4v) is 4.07. The molecule has 1 aliphatic carbocycles. The molecule has 2 aromatic carbocycles. The van der Waals surface area contributed by atoms with E-state index in [4.69, 9.17) is 16.3 Å². The fourth-order valence-electron chi connectivity index (χ4n) is 3.87. The van der Waals surface area contributed by atoms with Crippen molar-refractivity contribution in [2.24, 2.45) is 5.92 Å². The number of hydrogen-bond acceptors (Lipinski definition) is 3. The Kier molecular flexibility index (Phi) is 3.81. The molecule has 2 aliphatic rings. The van der Waals surface area contributed by atoms with Crippen molar-refractivity contribution in [3.8, 4) is 0 Å². The number of rotatable bonds is 2. The molecule has 3 nitrogen and oxygen atoms in total. The van der Waals surface area contributed by atoms with Crippen LogP contribution in [0, 0.1) is 5.92 Å². The normalized spacial score (nSPS) is 24.0. The summed E-state index contributed by atoms with van der Waals surface area (Å²) in [5.41, 5.74) is 4.03. The van der Waals surface area contributed by atoms with Crippen molar-refractivity contribution in [3.63, 3.8) is 0 Å². The second kappa shape index (κ2) is 5.99. The number of ether oxygens (including phenoxy) is 1. The molecule has 24 heavy (non-hydrogen) atoms. The molecule has 0 saturated carbocycles. The Hall–Kier alpha value is -2.26. The highest BCUT2D eigenvalue weighted by Gasteiger charge is 2.38. The molecule has 4 heteroatoms. The predicted molar refractivity (Wildman–Crippen MR) is 95.6 cm³/mol. The van der Waals surface area contributed by atoms with Gasteiger partial charge in [0.1, 0.15) is 0 Å². The van der Waals surface area contributed by atoms with E-state index in [9.17, 15) is 4.79 Å². The van der Waals surface area contributed by atoms with Crippen molar-refractivity contribution < 1.29 is 9.53 Å². The fraction of sp³-hybridized carbons (Fsp3) is 0.250. The quantitative estimate of drug-likeness (QED) is 0.621. The Morgan fingerprint density at radius 2 is 2.12 bits per heavy atom. The van der Waals surface area contributed by atoms with E-state index in [0.717, 1.165) is 22.7 Å². The van der Waals surface area contributed by atoms with Crippen LogP contribution in [0.2, 0.25) is 5.02 Å². The monoisotopic (exact) mass is 339 g/mol. The highest BCUT2D eigenvalue weighted by molar-refractivity contribution is 6.30. The molecule has 2 aromatic rings. The predicted octanol–water partition coefficient (Wildman–Crippen LogP) is 4.95. The lowest BCUT2D eigenvalue weighted by Crippen LogP contribution is -2.29. The van der Waals surface area contributed by atoms with Gasteiger partial charge < -0.3 is 10.1 Å². The Balaban J connectivity index is 1.76. The molecule has 1 aliphatic heterocycles. The highest BCUT2D eigenvalue weighted by atomic mass is 35.5. The molecule has 122 valence electrons. The van der Waals surface area contributed by atoms with Gasteiger partial charge in [-0.25, -0.2) is 4.79 Å². The number of nitrogens with one attached hydrogen (secondary N) is 1. The number of benzene rings is 2. The average Bonchev–Trinajstić information content (AvgIpc) is 3.10. The highest BCUT2D eigenvalue weighted by Crippen LogP contribution is 2.50. The van der Waals surface area contributed by atoms with Crippen molar-refractivity contribution >= 4 is 23.3 Å². The summed E-state index contributed by atoms with van der Waals surface area (Å²) < 4.78 is 4.85. The van der Waals surface area contributed by atoms with Crippen molar-refractivity contribution in [2.75, 3.05) is 12.4 Å². The van der Waals surface area contributed by atoms with Gasteiger partial charge in [-0.1, -0.05) is 35.9 Å². The third kappa shape index (κ3) is 2.49. The Bertz CT molecular complexity index is 830. The molecule has 0 spiro atoms. The smallest absolute Gasteiger partial charge is 0.337 e. The van der Waals surface area contributed by atoms with Crippen LogP contribution in [0.25, 0.3) is 0 Å². The summed E-state index contributed by atoms with van der Waals surface area (Å²) in [5.74, 6) is 0.423. The van der Waals surface area contributed by atoms with Crippen molar-refractivity contribution in [1.82, 2.24) is 0 Å². The average molecular weight is 340 g/mol. The van der Waals surface area contributed by atoms with Crippen molar-refractivity contribution in [1.29, 1.82) is 0 Å². The molecule has 0 radical (unpaired) electrons. The standard InChI is InChI=1S/C20H18ClNO2/c1-24-20(23)13-8-9-18-17(11-13)15-6-3-7-16(15)19(22-18)12-4-2-5-14(21)10-12/h2-6,8-11,15-16,19,22H,7H2,1H3/t15-,16-,19+/m0/s1. The zero-order valence-corrected chi connectivity index (χ0v) is 14.1. The van der Waals surface area contributed by atoms with Crippen LogP contribution in [0.5, 0.6) is 0 Å². The number of anilines is 1. The molecule has 0 unspecified atom stereocenters. The van der Waals surface area contributed by atoms with E-state index in [1.807, 2.05) is 36.4 Å². The number of carbonyl (C=O) groups is 1. The maximum atomic E-state index is 11.8. The second-order valence-electron chi connectivity index (χ2n) is 6.32. The number of fused-ring (bicyclic) bond motifs is 3. The Labute approximate surface area is 146 Å². The minimum atomic E-state index is -0.298. The Morgan fingerprint density at radius 3 is 2.92 bits per heavy atom. The molecule has 0 saturated heterocycles. The first-order chi connectivity index (χ1) is 11.7.